The second-order valence-electron chi connectivity index (χ2n) is 4.13. The molecule has 2 aromatic rings. The van der Waals surface area contributed by atoms with Crippen molar-refractivity contribution in [2.75, 3.05) is 6.54 Å². The summed E-state index contributed by atoms with van der Waals surface area (Å²) in [7, 11) is 0. The van der Waals surface area contributed by atoms with Gasteiger partial charge in [0.1, 0.15) is 11.6 Å². The van der Waals surface area contributed by atoms with Gasteiger partial charge in [0.25, 0.3) is 0 Å². The first-order valence-corrected chi connectivity index (χ1v) is 6.69. The van der Waals surface area contributed by atoms with Crippen molar-refractivity contribution in [1.29, 1.82) is 0 Å². The maximum Gasteiger partial charge on any atom is 0.126 e. The Morgan fingerprint density at radius 3 is 2.37 bits per heavy atom. The van der Waals surface area contributed by atoms with E-state index in [1.165, 1.54) is 12.1 Å². The van der Waals surface area contributed by atoms with E-state index in [-0.39, 0.29) is 6.04 Å². The molecule has 2 rings (SSSR count). The molecule has 1 N–H and O–H groups in total. The summed E-state index contributed by atoms with van der Waals surface area (Å²) in [5.41, 5.74) is 1.39. The molecular formula is C14H13BrF2N2. The highest BCUT2D eigenvalue weighted by Gasteiger charge is 2.15. The van der Waals surface area contributed by atoms with Gasteiger partial charge < -0.3 is 5.32 Å². The highest BCUT2D eigenvalue weighted by Crippen LogP contribution is 2.25. The number of nitrogens with zero attached hydrogens (tertiary/aromatic N) is 1. The fourth-order valence-electron chi connectivity index (χ4n) is 1.96. The third-order valence-electron chi connectivity index (χ3n) is 2.69. The number of hydrogen-bond donors (Lipinski definition) is 1. The molecule has 1 heterocycles. The number of halogens is 3. The Balaban J connectivity index is 2.44. The van der Waals surface area contributed by atoms with Crippen LogP contribution in [0.5, 0.6) is 0 Å². The summed E-state index contributed by atoms with van der Waals surface area (Å²) >= 11 is 3.34. The molecule has 0 saturated carbocycles. The molecule has 0 aliphatic rings. The molecule has 0 spiro atoms. The quantitative estimate of drug-likeness (QED) is 0.923. The van der Waals surface area contributed by atoms with Gasteiger partial charge in [0.15, 0.2) is 0 Å². The molecule has 1 unspecified atom stereocenters. The molecule has 0 saturated heterocycles. The van der Waals surface area contributed by atoms with E-state index < -0.39 is 11.6 Å². The van der Waals surface area contributed by atoms with Crippen LogP contribution in [0.2, 0.25) is 0 Å². The summed E-state index contributed by atoms with van der Waals surface area (Å²) in [4.78, 5) is 4.08. The number of nitrogens with one attached hydrogen (secondary N) is 1. The van der Waals surface area contributed by atoms with E-state index in [4.69, 9.17) is 0 Å². The van der Waals surface area contributed by atoms with E-state index in [0.29, 0.717) is 12.1 Å². The van der Waals surface area contributed by atoms with E-state index in [0.717, 1.165) is 16.1 Å². The van der Waals surface area contributed by atoms with Crippen molar-refractivity contribution in [3.05, 3.63) is 63.9 Å². The first-order valence-electron chi connectivity index (χ1n) is 5.90. The van der Waals surface area contributed by atoms with Crippen molar-refractivity contribution in [3.63, 3.8) is 0 Å². The smallest absolute Gasteiger partial charge is 0.126 e. The standard InChI is InChI=1S/C14H13BrF2N2/c1-2-19-14(10-3-11(15)8-18-7-10)9-4-12(16)6-13(17)5-9/h3-8,14,19H,2H2,1H3. The Hall–Kier alpha value is -1.33. The molecule has 1 atom stereocenters. The number of aromatic nitrogens is 1. The van der Waals surface area contributed by atoms with Crippen LogP contribution in [0.25, 0.3) is 0 Å². The van der Waals surface area contributed by atoms with Gasteiger partial charge in [-0.25, -0.2) is 8.78 Å². The SMILES string of the molecule is CCNC(c1cc(F)cc(F)c1)c1cncc(Br)c1. The molecule has 0 amide bonds. The first-order chi connectivity index (χ1) is 9.10. The lowest BCUT2D eigenvalue weighted by atomic mass is 10.00. The second-order valence-corrected chi connectivity index (χ2v) is 5.05. The van der Waals surface area contributed by atoms with Gasteiger partial charge in [-0.2, -0.15) is 0 Å². The molecule has 5 heteroatoms. The molecule has 1 aromatic carbocycles. The van der Waals surface area contributed by atoms with Crippen LogP contribution in [0.1, 0.15) is 24.1 Å². The van der Waals surface area contributed by atoms with E-state index in [1.54, 1.807) is 12.4 Å². The van der Waals surface area contributed by atoms with Crippen molar-refractivity contribution < 1.29 is 8.78 Å². The van der Waals surface area contributed by atoms with Crippen LogP contribution < -0.4 is 5.32 Å². The minimum absolute atomic E-state index is 0.291. The Kier molecular flexibility index (Phi) is 4.61. The van der Waals surface area contributed by atoms with Crippen LogP contribution in [0, 0.1) is 11.6 Å². The lowest BCUT2D eigenvalue weighted by Gasteiger charge is -2.19. The van der Waals surface area contributed by atoms with Gasteiger partial charge in [-0.15, -0.1) is 0 Å². The molecule has 100 valence electrons. The first kappa shape index (κ1) is 14.1. The molecule has 0 aliphatic heterocycles. The van der Waals surface area contributed by atoms with Crippen LogP contribution in [0.15, 0.2) is 41.1 Å². The summed E-state index contributed by atoms with van der Waals surface area (Å²) in [6, 6.07) is 5.11. The molecule has 19 heavy (non-hydrogen) atoms. The highest BCUT2D eigenvalue weighted by molar-refractivity contribution is 9.10. The van der Waals surface area contributed by atoms with Crippen molar-refractivity contribution >= 4 is 15.9 Å². The van der Waals surface area contributed by atoms with Gasteiger partial charge in [-0.1, -0.05) is 6.92 Å². The molecule has 2 nitrogen and oxygen atoms in total. The third kappa shape index (κ3) is 3.58. The summed E-state index contributed by atoms with van der Waals surface area (Å²) in [6.07, 6.45) is 3.35. The fourth-order valence-corrected chi connectivity index (χ4v) is 2.34. The molecular weight excluding hydrogens is 314 g/mol. The third-order valence-corrected chi connectivity index (χ3v) is 3.12. The van der Waals surface area contributed by atoms with Crippen molar-refractivity contribution in [2.24, 2.45) is 0 Å². The summed E-state index contributed by atoms with van der Waals surface area (Å²) in [5.74, 6) is -1.17. The predicted molar refractivity (Wildman–Crippen MR) is 73.8 cm³/mol. The van der Waals surface area contributed by atoms with Crippen molar-refractivity contribution in [2.45, 2.75) is 13.0 Å². The number of rotatable bonds is 4. The zero-order chi connectivity index (χ0) is 13.8. The number of pyridine rings is 1. The maximum absolute atomic E-state index is 13.3. The van der Waals surface area contributed by atoms with E-state index >= 15 is 0 Å². The average molecular weight is 327 g/mol. The van der Waals surface area contributed by atoms with E-state index in [2.05, 4.69) is 26.2 Å². The van der Waals surface area contributed by atoms with Crippen molar-refractivity contribution in [3.8, 4) is 0 Å². The lowest BCUT2D eigenvalue weighted by molar-refractivity contribution is 0.565. The van der Waals surface area contributed by atoms with E-state index in [1.807, 2.05) is 13.0 Å². The summed E-state index contributed by atoms with van der Waals surface area (Å²) in [6.45, 7) is 2.61. The second kappa shape index (κ2) is 6.21. The van der Waals surface area contributed by atoms with E-state index in [9.17, 15) is 8.78 Å². The van der Waals surface area contributed by atoms with Gasteiger partial charge >= 0.3 is 0 Å². The highest BCUT2D eigenvalue weighted by atomic mass is 79.9. The normalized spacial score (nSPS) is 12.4. The Labute approximate surface area is 119 Å². The average Bonchev–Trinajstić information content (AvgIpc) is 2.34. The molecule has 0 bridgehead atoms. The minimum atomic E-state index is -0.583. The largest absolute Gasteiger partial charge is 0.306 e. The maximum atomic E-state index is 13.3. The Morgan fingerprint density at radius 2 is 1.79 bits per heavy atom. The number of benzene rings is 1. The molecule has 0 aliphatic carbocycles. The lowest BCUT2D eigenvalue weighted by Crippen LogP contribution is -2.22. The fraction of sp³-hybridized carbons (Fsp3) is 0.214. The zero-order valence-corrected chi connectivity index (χ0v) is 11.9. The van der Waals surface area contributed by atoms with Crippen molar-refractivity contribution in [1.82, 2.24) is 10.3 Å². The summed E-state index contributed by atoms with van der Waals surface area (Å²) in [5, 5.41) is 3.20. The van der Waals surface area contributed by atoms with Gasteiger partial charge in [0.05, 0.1) is 6.04 Å². The van der Waals surface area contributed by atoms with Crippen LogP contribution >= 0.6 is 15.9 Å². The van der Waals surface area contributed by atoms with Crippen LogP contribution in [0.3, 0.4) is 0 Å². The monoisotopic (exact) mass is 326 g/mol. The van der Waals surface area contributed by atoms with Crippen LogP contribution in [-0.2, 0) is 0 Å². The van der Waals surface area contributed by atoms with Crippen LogP contribution in [0.4, 0.5) is 8.78 Å². The molecule has 1 aromatic heterocycles. The minimum Gasteiger partial charge on any atom is -0.306 e. The van der Waals surface area contributed by atoms with Gasteiger partial charge in [0.2, 0.25) is 0 Å². The topological polar surface area (TPSA) is 24.9 Å². The Morgan fingerprint density at radius 1 is 1.11 bits per heavy atom. The van der Waals surface area contributed by atoms with Crippen LogP contribution in [-0.4, -0.2) is 11.5 Å². The van der Waals surface area contributed by atoms with Gasteiger partial charge in [-0.05, 0) is 51.8 Å². The molecule has 0 fully saturated rings. The van der Waals surface area contributed by atoms with Gasteiger partial charge in [-0.3, -0.25) is 4.98 Å². The number of hydrogen-bond acceptors (Lipinski definition) is 2. The molecule has 0 radical (unpaired) electrons. The predicted octanol–water partition coefficient (Wildman–Crippen LogP) is 3.82. The Bertz CT molecular complexity index is 555. The zero-order valence-electron chi connectivity index (χ0n) is 10.3. The summed E-state index contributed by atoms with van der Waals surface area (Å²) < 4.78 is 27.5. The van der Waals surface area contributed by atoms with Gasteiger partial charge in [0, 0.05) is 22.9 Å².